The van der Waals surface area contributed by atoms with Crippen molar-refractivity contribution in [2.75, 3.05) is 20.8 Å². The van der Waals surface area contributed by atoms with Crippen LogP contribution in [0.2, 0.25) is 0 Å². The van der Waals surface area contributed by atoms with Gasteiger partial charge in [-0.15, -0.1) is 0 Å². The molecule has 0 spiro atoms. The highest BCUT2D eigenvalue weighted by Gasteiger charge is 2.06. The van der Waals surface area contributed by atoms with Crippen LogP contribution in [0.5, 0.6) is 17.2 Å². The van der Waals surface area contributed by atoms with Gasteiger partial charge in [0.1, 0.15) is 5.75 Å². The summed E-state index contributed by atoms with van der Waals surface area (Å²) < 4.78 is 16.5. The summed E-state index contributed by atoms with van der Waals surface area (Å²) in [7, 11) is 3.36. The van der Waals surface area contributed by atoms with Crippen LogP contribution in [-0.4, -0.2) is 20.8 Å². The van der Waals surface area contributed by atoms with E-state index >= 15 is 0 Å². The first-order chi connectivity index (χ1) is 12.3. The molecule has 2 aromatic carbocycles. The number of benzene rings is 2. The van der Waals surface area contributed by atoms with Crippen molar-refractivity contribution in [2.45, 2.75) is 39.3 Å². The monoisotopic (exact) mass is 343 g/mol. The van der Waals surface area contributed by atoms with Gasteiger partial charge in [-0.2, -0.15) is 0 Å². The van der Waals surface area contributed by atoms with E-state index < -0.39 is 0 Å². The number of rotatable bonds is 11. The van der Waals surface area contributed by atoms with Crippen LogP contribution >= 0.6 is 0 Å². The maximum absolute atomic E-state index is 5.82. The van der Waals surface area contributed by atoms with E-state index in [-0.39, 0.29) is 0 Å². The fourth-order valence-electron chi connectivity index (χ4n) is 2.57. The molecule has 0 aliphatic heterocycles. The third-order valence-corrected chi connectivity index (χ3v) is 4.05. The van der Waals surface area contributed by atoms with Gasteiger partial charge in [0.15, 0.2) is 11.5 Å². The van der Waals surface area contributed by atoms with E-state index in [0.29, 0.717) is 0 Å². The Morgan fingerprint density at radius 3 is 2.20 bits per heavy atom. The molecule has 136 valence electrons. The molecular weight excluding hydrogens is 314 g/mol. The predicted octanol–water partition coefficient (Wildman–Crippen LogP) is 4.56. The van der Waals surface area contributed by atoms with Crippen molar-refractivity contribution in [2.24, 2.45) is 0 Å². The van der Waals surface area contributed by atoms with Crippen LogP contribution in [0.3, 0.4) is 0 Å². The van der Waals surface area contributed by atoms with Crippen molar-refractivity contribution < 1.29 is 14.2 Å². The maximum Gasteiger partial charge on any atom is 0.161 e. The third kappa shape index (κ3) is 6.31. The molecule has 0 aliphatic rings. The molecule has 4 nitrogen and oxygen atoms in total. The second-order valence-corrected chi connectivity index (χ2v) is 5.99. The van der Waals surface area contributed by atoms with Crippen LogP contribution in [0, 0.1) is 0 Å². The summed E-state index contributed by atoms with van der Waals surface area (Å²) in [6.45, 7) is 4.51. The van der Waals surface area contributed by atoms with Crippen LogP contribution in [0.25, 0.3) is 0 Å². The Morgan fingerprint density at radius 1 is 0.800 bits per heavy atom. The first kappa shape index (κ1) is 19.1. The van der Waals surface area contributed by atoms with Gasteiger partial charge in [0.2, 0.25) is 0 Å². The Kier molecular flexibility index (Phi) is 8.13. The summed E-state index contributed by atoms with van der Waals surface area (Å²) >= 11 is 0. The van der Waals surface area contributed by atoms with Crippen LogP contribution in [0.1, 0.15) is 37.3 Å². The van der Waals surface area contributed by atoms with E-state index in [4.69, 9.17) is 14.2 Å². The first-order valence-electron chi connectivity index (χ1n) is 8.90. The zero-order valence-electron chi connectivity index (χ0n) is 15.5. The molecule has 2 rings (SSSR count). The van der Waals surface area contributed by atoms with E-state index in [1.165, 1.54) is 24.0 Å². The first-order valence-corrected chi connectivity index (χ1v) is 8.90. The molecule has 25 heavy (non-hydrogen) atoms. The average Bonchev–Trinajstić information content (AvgIpc) is 2.66. The van der Waals surface area contributed by atoms with Gasteiger partial charge in [0, 0.05) is 13.1 Å². The number of hydrogen-bond acceptors (Lipinski definition) is 4. The number of nitrogens with one attached hydrogen (secondary N) is 1. The Bertz CT molecular complexity index is 626. The molecule has 0 saturated carbocycles. The number of ether oxygens (including phenoxy) is 3. The summed E-state index contributed by atoms with van der Waals surface area (Å²) in [4.78, 5) is 0. The Labute approximate surface area is 151 Å². The molecule has 1 N–H and O–H groups in total. The Balaban J connectivity index is 1.84. The zero-order valence-corrected chi connectivity index (χ0v) is 15.5. The molecule has 0 saturated heterocycles. The average molecular weight is 343 g/mol. The second-order valence-electron chi connectivity index (χ2n) is 5.99. The lowest BCUT2D eigenvalue weighted by atomic mass is 10.1. The summed E-state index contributed by atoms with van der Waals surface area (Å²) in [5.74, 6) is 2.49. The van der Waals surface area contributed by atoms with E-state index in [1.807, 2.05) is 24.3 Å². The molecule has 0 aromatic heterocycles. The van der Waals surface area contributed by atoms with Gasteiger partial charge in [-0.05, 0) is 41.8 Å². The summed E-state index contributed by atoms with van der Waals surface area (Å²) in [6, 6.07) is 14.2. The van der Waals surface area contributed by atoms with Crippen molar-refractivity contribution >= 4 is 0 Å². The zero-order chi connectivity index (χ0) is 17.9. The molecule has 0 fully saturated rings. The topological polar surface area (TPSA) is 39.7 Å². The largest absolute Gasteiger partial charge is 0.497 e. The summed E-state index contributed by atoms with van der Waals surface area (Å²) in [5.41, 5.74) is 2.40. The van der Waals surface area contributed by atoms with E-state index in [9.17, 15) is 0 Å². The molecule has 0 heterocycles. The van der Waals surface area contributed by atoms with Gasteiger partial charge < -0.3 is 19.5 Å². The number of unbranched alkanes of at least 4 members (excludes halogenated alkanes) is 2. The van der Waals surface area contributed by atoms with Gasteiger partial charge in [-0.3, -0.25) is 0 Å². The lowest BCUT2D eigenvalue weighted by molar-refractivity contribution is 0.286. The summed E-state index contributed by atoms with van der Waals surface area (Å²) in [5, 5.41) is 3.45. The Hall–Kier alpha value is -2.20. The molecule has 0 aliphatic carbocycles. The van der Waals surface area contributed by atoms with Crippen molar-refractivity contribution in [3.63, 3.8) is 0 Å². The predicted molar refractivity (Wildman–Crippen MR) is 102 cm³/mol. The number of hydrogen-bond donors (Lipinski definition) is 1. The molecule has 4 heteroatoms. The molecule has 0 atom stereocenters. The highest BCUT2D eigenvalue weighted by atomic mass is 16.5. The van der Waals surface area contributed by atoms with Gasteiger partial charge in [-0.25, -0.2) is 0 Å². The molecule has 0 radical (unpaired) electrons. The molecule has 0 unspecified atom stereocenters. The lowest BCUT2D eigenvalue weighted by Crippen LogP contribution is -2.12. The van der Waals surface area contributed by atoms with Crippen LogP contribution in [0.4, 0.5) is 0 Å². The molecule has 0 bridgehead atoms. The minimum atomic E-state index is 0.735. The minimum Gasteiger partial charge on any atom is -0.497 e. The maximum atomic E-state index is 5.82. The van der Waals surface area contributed by atoms with Crippen molar-refractivity contribution in [1.29, 1.82) is 0 Å². The quantitative estimate of drug-likeness (QED) is 0.607. The molecule has 0 amide bonds. The number of methoxy groups -OCH3 is 2. The standard InChI is InChI=1S/C21H29NO3/c1-4-5-6-13-25-20-12-9-18(14-21(20)24-3)16-22-15-17-7-10-19(23-2)11-8-17/h7-12,14,22H,4-6,13,15-16H2,1-3H3. The van der Waals surface area contributed by atoms with Crippen molar-refractivity contribution in [1.82, 2.24) is 5.32 Å². The second kappa shape index (κ2) is 10.6. The molecular formula is C21H29NO3. The van der Waals surface area contributed by atoms with Crippen LogP contribution in [-0.2, 0) is 13.1 Å². The van der Waals surface area contributed by atoms with E-state index in [2.05, 4.69) is 30.4 Å². The van der Waals surface area contributed by atoms with Gasteiger partial charge in [0.05, 0.1) is 20.8 Å². The third-order valence-electron chi connectivity index (χ3n) is 4.05. The van der Waals surface area contributed by atoms with Gasteiger partial charge in [0.25, 0.3) is 0 Å². The van der Waals surface area contributed by atoms with E-state index in [0.717, 1.165) is 43.4 Å². The fourth-order valence-corrected chi connectivity index (χ4v) is 2.57. The fraction of sp³-hybridized carbons (Fsp3) is 0.429. The SMILES string of the molecule is CCCCCOc1ccc(CNCc2ccc(OC)cc2)cc1OC. The van der Waals surface area contributed by atoms with Gasteiger partial charge in [-0.1, -0.05) is 38.0 Å². The Morgan fingerprint density at radius 2 is 1.52 bits per heavy atom. The van der Waals surface area contributed by atoms with Crippen LogP contribution in [0.15, 0.2) is 42.5 Å². The van der Waals surface area contributed by atoms with Gasteiger partial charge >= 0.3 is 0 Å². The summed E-state index contributed by atoms with van der Waals surface area (Å²) in [6.07, 6.45) is 3.46. The highest BCUT2D eigenvalue weighted by Crippen LogP contribution is 2.28. The van der Waals surface area contributed by atoms with Crippen LogP contribution < -0.4 is 19.5 Å². The van der Waals surface area contributed by atoms with E-state index in [1.54, 1.807) is 14.2 Å². The minimum absolute atomic E-state index is 0.735. The van der Waals surface area contributed by atoms with Crippen molar-refractivity contribution in [3.8, 4) is 17.2 Å². The molecule has 2 aromatic rings. The normalized spacial score (nSPS) is 10.5. The lowest BCUT2D eigenvalue weighted by Gasteiger charge is -2.13. The van der Waals surface area contributed by atoms with Crippen molar-refractivity contribution in [3.05, 3.63) is 53.6 Å². The highest BCUT2D eigenvalue weighted by molar-refractivity contribution is 5.43. The smallest absolute Gasteiger partial charge is 0.161 e.